The van der Waals surface area contributed by atoms with Crippen LogP contribution in [0.4, 0.5) is 4.79 Å². The van der Waals surface area contributed by atoms with Gasteiger partial charge in [0.2, 0.25) is 0 Å². The van der Waals surface area contributed by atoms with Crippen molar-refractivity contribution in [1.82, 2.24) is 4.90 Å². The first-order chi connectivity index (χ1) is 18.7. The maximum atomic E-state index is 13.4. The first-order valence-electron chi connectivity index (χ1n) is 13.8. The number of hydrogen-bond donors (Lipinski definition) is 0. The molecule has 2 fully saturated rings. The van der Waals surface area contributed by atoms with Crippen LogP contribution in [-0.2, 0) is 16.0 Å². The molecule has 2 atom stereocenters. The lowest BCUT2D eigenvalue weighted by atomic mass is 9.84. The van der Waals surface area contributed by atoms with Crippen LogP contribution in [0.15, 0.2) is 91.0 Å². The number of hydrogen-bond acceptors (Lipinski definition) is 3. The zero-order valence-electron chi connectivity index (χ0n) is 21.4. The Morgan fingerprint density at radius 2 is 1.34 bits per heavy atom. The number of carbonyl (C=O) groups excluding carboxylic acids is 2. The maximum absolute atomic E-state index is 13.4. The predicted octanol–water partition coefficient (Wildman–Crippen LogP) is 7.14. The number of rotatable bonds is 5. The zero-order valence-corrected chi connectivity index (χ0v) is 21.4. The average Bonchev–Trinajstić information content (AvgIpc) is 3.42. The van der Waals surface area contributed by atoms with Gasteiger partial charge in [0, 0.05) is 30.3 Å². The Morgan fingerprint density at radius 1 is 0.737 bits per heavy atom. The number of fused-ring (bicyclic) bond motifs is 6. The smallest absolute Gasteiger partial charge is 0.410 e. The molecule has 0 aromatic heterocycles. The van der Waals surface area contributed by atoms with Crippen LogP contribution >= 0.6 is 0 Å². The molecule has 38 heavy (non-hydrogen) atoms. The van der Waals surface area contributed by atoms with Crippen LogP contribution in [0.3, 0.4) is 0 Å². The molecule has 2 aliphatic heterocycles. The standard InChI is InChI=1S/C34H31NO3/c36-33(20-23-10-7-9-22-8-1-2-11-27(22)23)24-18-25-16-17-26(19-24)35(25)34(37)38-21-32-30-14-5-3-12-28(30)29-13-4-6-15-31(29)32/h1-15,24-26,32H,16-21H2. The zero-order chi connectivity index (χ0) is 25.6. The lowest BCUT2D eigenvalue weighted by molar-refractivity contribution is -0.124. The molecule has 190 valence electrons. The number of ether oxygens (including phenoxy) is 1. The molecule has 7 rings (SSSR count). The second kappa shape index (κ2) is 9.43. The second-order valence-electron chi connectivity index (χ2n) is 11.0. The van der Waals surface area contributed by atoms with Gasteiger partial charge < -0.3 is 9.64 Å². The summed E-state index contributed by atoms with van der Waals surface area (Å²) in [6.45, 7) is 0.340. The van der Waals surface area contributed by atoms with Crippen molar-refractivity contribution in [3.05, 3.63) is 108 Å². The van der Waals surface area contributed by atoms with Gasteiger partial charge in [0.05, 0.1) is 0 Å². The lowest BCUT2D eigenvalue weighted by Crippen LogP contribution is -2.48. The highest BCUT2D eigenvalue weighted by atomic mass is 16.6. The van der Waals surface area contributed by atoms with Crippen molar-refractivity contribution in [2.24, 2.45) is 5.92 Å². The van der Waals surface area contributed by atoms with Gasteiger partial charge in [0.25, 0.3) is 0 Å². The summed E-state index contributed by atoms with van der Waals surface area (Å²) in [6.07, 6.45) is 3.62. The van der Waals surface area contributed by atoms with Gasteiger partial charge in [0.1, 0.15) is 12.4 Å². The van der Waals surface area contributed by atoms with Gasteiger partial charge in [-0.25, -0.2) is 4.79 Å². The summed E-state index contributed by atoms with van der Waals surface area (Å²) in [5.74, 6) is 0.360. The van der Waals surface area contributed by atoms with E-state index in [0.717, 1.165) is 36.6 Å². The summed E-state index contributed by atoms with van der Waals surface area (Å²) in [4.78, 5) is 28.7. The molecule has 2 saturated heterocycles. The third-order valence-electron chi connectivity index (χ3n) is 8.98. The molecule has 0 spiro atoms. The van der Waals surface area contributed by atoms with Crippen LogP contribution in [0.1, 0.15) is 48.3 Å². The Hall–Kier alpha value is -3.92. The Balaban J connectivity index is 1.02. The van der Waals surface area contributed by atoms with Crippen molar-refractivity contribution in [1.29, 1.82) is 0 Å². The summed E-state index contributed by atoms with van der Waals surface area (Å²) in [7, 11) is 0. The van der Waals surface area contributed by atoms with Gasteiger partial charge in [-0.15, -0.1) is 0 Å². The van der Waals surface area contributed by atoms with Crippen molar-refractivity contribution in [2.45, 2.75) is 50.1 Å². The van der Waals surface area contributed by atoms with Gasteiger partial charge in [-0.1, -0.05) is 91.0 Å². The fourth-order valence-electron chi connectivity index (χ4n) is 7.19. The van der Waals surface area contributed by atoms with Crippen LogP contribution in [0.2, 0.25) is 0 Å². The molecule has 4 heteroatoms. The normalized spacial score (nSPS) is 21.8. The quantitative estimate of drug-likeness (QED) is 0.292. The topological polar surface area (TPSA) is 46.6 Å². The molecule has 1 aliphatic carbocycles. The molecule has 0 N–H and O–H groups in total. The van der Waals surface area contributed by atoms with E-state index in [0.29, 0.717) is 18.8 Å². The van der Waals surface area contributed by atoms with Crippen LogP contribution in [0.5, 0.6) is 0 Å². The SMILES string of the molecule is O=C(Cc1cccc2ccccc12)C1CC2CCC(C1)N2C(=O)OCC1c2ccccc2-c2ccccc21. The Bertz CT molecular complexity index is 1480. The molecule has 4 aromatic rings. The highest BCUT2D eigenvalue weighted by Gasteiger charge is 2.46. The first-order valence-corrected chi connectivity index (χ1v) is 13.8. The minimum atomic E-state index is -0.223. The van der Waals surface area contributed by atoms with Gasteiger partial charge >= 0.3 is 6.09 Å². The van der Waals surface area contributed by atoms with Crippen LogP contribution in [0, 0.1) is 5.92 Å². The molecule has 0 radical (unpaired) electrons. The number of piperidine rings is 1. The van der Waals surface area contributed by atoms with Crippen LogP contribution in [-0.4, -0.2) is 35.5 Å². The molecule has 1 amide bonds. The van der Waals surface area contributed by atoms with Crippen LogP contribution in [0.25, 0.3) is 21.9 Å². The van der Waals surface area contributed by atoms with E-state index in [-0.39, 0.29) is 30.0 Å². The number of carbonyl (C=O) groups is 2. The fourth-order valence-corrected chi connectivity index (χ4v) is 7.19. The van der Waals surface area contributed by atoms with Crippen molar-refractivity contribution < 1.29 is 14.3 Å². The maximum Gasteiger partial charge on any atom is 0.410 e. The summed E-state index contributed by atoms with van der Waals surface area (Å²) in [5, 5.41) is 2.32. The van der Waals surface area contributed by atoms with E-state index in [1.807, 2.05) is 23.1 Å². The average molecular weight is 502 g/mol. The van der Waals surface area contributed by atoms with E-state index >= 15 is 0 Å². The molecule has 4 nitrogen and oxygen atoms in total. The molecular weight excluding hydrogens is 470 g/mol. The van der Waals surface area contributed by atoms with Crippen LogP contribution < -0.4 is 0 Å². The van der Waals surface area contributed by atoms with Gasteiger partial charge in [-0.3, -0.25) is 4.79 Å². The van der Waals surface area contributed by atoms with E-state index in [1.54, 1.807) is 0 Å². The molecule has 3 aliphatic rings. The van der Waals surface area contributed by atoms with Crippen molar-refractivity contribution in [2.75, 3.05) is 6.61 Å². The van der Waals surface area contributed by atoms with Gasteiger partial charge in [-0.2, -0.15) is 0 Å². The minimum Gasteiger partial charge on any atom is -0.448 e. The van der Waals surface area contributed by atoms with Gasteiger partial charge in [-0.05, 0) is 64.3 Å². The highest BCUT2D eigenvalue weighted by Crippen LogP contribution is 2.45. The number of amides is 1. The summed E-state index contributed by atoms with van der Waals surface area (Å²) >= 11 is 0. The van der Waals surface area contributed by atoms with Crippen molar-refractivity contribution in [3.63, 3.8) is 0 Å². The van der Waals surface area contributed by atoms with E-state index in [4.69, 9.17) is 4.74 Å². The first kappa shape index (κ1) is 23.2. The molecule has 0 saturated carbocycles. The summed E-state index contributed by atoms with van der Waals surface area (Å²) < 4.78 is 6.00. The third kappa shape index (κ3) is 3.91. The summed E-state index contributed by atoms with van der Waals surface area (Å²) in [5.41, 5.74) is 6.01. The number of nitrogens with zero attached hydrogens (tertiary/aromatic N) is 1. The molecule has 2 unspecified atom stereocenters. The lowest BCUT2D eigenvalue weighted by Gasteiger charge is -2.38. The Kier molecular flexibility index (Phi) is 5.76. The Labute approximate surface area is 223 Å². The van der Waals surface area contributed by atoms with E-state index in [2.05, 4.69) is 72.8 Å². The molecule has 2 bridgehead atoms. The van der Waals surface area contributed by atoms with Gasteiger partial charge in [0.15, 0.2) is 0 Å². The Morgan fingerprint density at radius 3 is 2.05 bits per heavy atom. The number of benzene rings is 4. The molecular formula is C34H31NO3. The highest BCUT2D eigenvalue weighted by molar-refractivity contribution is 5.92. The number of ketones is 1. The third-order valence-corrected chi connectivity index (χ3v) is 8.98. The largest absolute Gasteiger partial charge is 0.448 e. The van der Waals surface area contributed by atoms with Crippen molar-refractivity contribution in [3.8, 4) is 11.1 Å². The summed E-state index contributed by atoms with van der Waals surface area (Å²) in [6, 6.07) is 31.5. The molecule has 2 heterocycles. The van der Waals surface area contributed by atoms with Crippen molar-refractivity contribution >= 4 is 22.6 Å². The monoisotopic (exact) mass is 501 g/mol. The number of Topliss-reactive ketones (excluding diaryl/α,β-unsaturated/α-hetero) is 1. The van der Waals surface area contributed by atoms with E-state index < -0.39 is 0 Å². The van der Waals surface area contributed by atoms with E-state index in [1.165, 1.54) is 27.6 Å². The fraction of sp³-hybridized carbons (Fsp3) is 0.294. The minimum absolute atomic E-state index is 0.00380. The predicted molar refractivity (Wildman–Crippen MR) is 149 cm³/mol. The molecule has 4 aromatic carbocycles. The van der Waals surface area contributed by atoms with E-state index in [9.17, 15) is 9.59 Å². The second-order valence-corrected chi connectivity index (χ2v) is 11.0.